The SMILES string of the molecule is O=C1NCCCC[C@H]1[NH2+]C[C@@H](O)c1ccccc1. The first-order valence-electron chi connectivity index (χ1n) is 6.61. The Kier molecular flexibility index (Phi) is 4.73. The fourth-order valence-corrected chi connectivity index (χ4v) is 2.29. The molecule has 0 unspecified atom stereocenters. The molecular weight excluding hydrogens is 228 g/mol. The van der Waals surface area contributed by atoms with Crippen molar-refractivity contribution in [2.45, 2.75) is 31.4 Å². The molecule has 1 fully saturated rings. The summed E-state index contributed by atoms with van der Waals surface area (Å²) in [7, 11) is 0. The van der Waals surface area contributed by atoms with Crippen molar-refractivity contribution in [3.05, 3.63) is 35.9 Å². The minimum absolute atomic E-state index is 0.0501. The van der Waals surface area contributed by atoms with Gasteiger partial charge in [0.15, 0.2) is 6.04 Å². The number of aliphatic hydroxyl groups is 1. The minimum Gasteiger partial charge on any atom is -0.382 e. The van der Waals surface area contributed by atoms with Gasteiger partial charge in [0.2, 0.25) is 0 Å². The van der Waals surface area contributed by atoms with Crippen LogP contribution in [0, 0.1) is 0 Å². The number of hydrogen-bond acceptors (Lipinski definition) is 2. The number of aliphatic hydroxyl groups excluding tert-OH is 1. The highest BCUT2D eigenvalue weighted by molar-refractivity contribution is 5.80. The Morgan fingerprint density at radius 1 is 1.33 bits per heavy atom. The van der Waals surface area contributed by atoms with E-state index in [0.29, 0.717) is 6.54 Å². The number of amides is 1. The van der Waals surface area contributed by atoms with Gasteiger partial charge < -0.3 is 15.7 Å². The molecule has 1 amide bonds. The van der Waals surface area contributed by atoms with Crippen LogP contribution in [0.15, 0.2) is 30.3 Å². The predicted molar refractivity (Wildman–Crippen MR) is 68.8 cm³/mol. The average molecular weight is 249 g/mol. The van der Waals surface area contributed by atoms with Crippen LogP contribution in [-0.2, 0) is 4.79 Å². The standard InChI is InChI=1S/C14H20N2O2/c17-13(11-6-2-1-3-7-11)10-16-12-8-4-5-9-15-14(12)18/h1-3,6-7,12-13,16-17H,4-5,8-10H2,(H,15,18)/p+1/t12-,13-/m1/s1. The summed E-state index contributed by atoms with van der Waals surface area (Å²) >= 11 is 0. The average Bonchev–Trinajstić information content (AvgIpc) is 2.62. The van der Waals surface area contributed by atoms with Crippen molar-refractivity contribution in [3.8, 4) is 0 Å². The van der Waals surface area contributed by atoms with Gasteiger partial charge in [-0.1, -0.05) is 30.3 Å². The molecule has 0 aromatic heterocycles. The van der Waals surface area contributed by atoms with Crippen LogP contribution in [0.2, 0.25) is 0 Å². The second-order valence-electron chi connectivity index (χ2n) is 4.79. The molecule has 4 nitrogen and oxygen atoms in total. The van der Waals surface area contributed by atoms with Crippen LogP contribution in [0.4, 0.5) is 0 Å². The maximum atomic E-state index is 11.7. The molecule has 0 saturated carbocycles. The second kappa shape index (κ2) is 6.52. The van der Waals surface area contributed by atoms with E-state index < -0.39 is 6.10 Å². The van der Waals surface area contributed by atoms with Crippen LogP contribution in [0.1, 0.15) is 30.9 Å². The first-order chi connectivity index (χ1) is 8.77. The number of carbonyl (C=O) groups excluding carboxylic acids is 1. The van der Waals surface area contributed by atoms with Gasteiger partial charge in [-0.25, -0.2) is 0 Å². The number of rotatable bonds is 4. The Balaban J connectivity index is 1.85. The molecule has 2 rings (SSSR count). The molecule has 1 saturated heterocycles. The molecule has 1 aliphatic heterocycles. The second-order valence-corrected chi connectivity index (χ2v) is 4.79. The lowest BCUT2D eigenvalue weighted by atomic mass is 10.1. The van der Waals surface area contributed by atoms with E-state index in [1.54, 1.807) is 0 Å². The first kappa shape index (κ1) is 13.1. The van der Waals surface area contributed by atoms with Gasteiger partial charge in [0.25, 0.3) is 5.91 Å². The topological polar surface area (TPSA) is 65.9 Å². The van der Waals surface area contributed by atoms with E-state index in [1.165, 1.54) is 0 Å². The largest absolute Gasteiger partial charge is 0.382 e. The summed E-state index contributed by atoms with van der Waals surface area (Å²) in [4.78, 5) is 11.7. The Labute approximate surface area is 107 Å². The summed E-state index contributed by atoms with van der Waals surface area (Å²) in [5.41, 5.74) is 0.905. The molecule has 98 valence electrons. The van der Waals surface area contributed by atoms with Crippen LogP contribution in [0.25, 0.3) is 0 Å². The van der Waals surface area contributed by atoms with Gasteiger partial charge >= 0.3 is 0 Å². The maximum Gasteiger partial charge on any atom is 0.278 e. The zero-order valence-corrected chi connectivity index (χ0v) is 10.5. The lowest BCUT2D eigenvalue weighted by Gasteiger charge is -2.15. The minimum atomic E-state index is -0.512. The predicted octanol–water partition coefficient (Wildman–Crippen LogP) is -0.0479. The van der Waals surface area contributed by atoms with Crippen LogP contribution < -0.4 is 10.6 Å². The van der Waals surface area contributed by atoms with Crippen molar-refractivity contribution in [1.82, 2.24) is 5.32 Å². The highest BCUT2D eigenvalue weighted by Crippen LogP contribution is 2.09. The summed E-state index contributed by atoms with van der Waals surface area (Å²) < 4.78 is 0. The van der Waals surface area contributed by atoms with E-state index in [9.17, 15) is 9.90 Å². The van der Waals surface area contributed by atoms with Crippen molar-refractivity contribution in [1.29, 1.82) is 0 Å². The van der Waals surface area contributed by atoms with E-state index in [-0.39, 0.29) is 11.9 Å². The zero-order chi connectivity index (χ0) is 12.8. The summed E-state index contributed by atoms with van der Waals surface area (Å²) in [5, 5.41) is 14.9. The molecule has 4 heteroatoms. The molecule has 0 aliphatic carbocycles. The molecule has 4 N–H and O–H groups in total. The first-order valence-corrected chi connectivity index (χ1v) is 6.61. The number of quaternary nitrogens is 1. The quantitative estimate of drug-likeness (QED) is 0.700. The van der Waals surface area contributed by atoms with Crippen molar-refractivity contribution in [2.24, 2.45) is 0 Å². The lowest BCUT2D eigenvalue weighted by Crippen LogP contribution is -2.93. The summed E-state index contributed by atoms with van der Waals surface area (Å²) in [5.74, 6) is 0.104. The van der Waals surface area contributed by atoms with Gasteiger partial charge in [-0.2, -0.15) is 0 Å². The third kappa shape index (κ3) is 3.55. The molecule has 1 aromatic carbocycles. The third-order valence-corrected chi connectivity index (χ3v) is 3.41. The van der Waals surface area contributed by atoms with Gasteiger partial charge in [-0.3, -0.25) is 4.79 Å². The number of carbonyl (C=O) groups is 1. The van der Waals surface area contributed by atoms with Crippen molar-refractivity contribution in [2.75, 3.05) is 13.1 Å². The van der Waals surface area contributed by atoms with Crippen LogP contribution >= 0.6 is 0 Å². The number of nitrogens with one attached hydrogen (secondary N) is 1. The highest BCUT2D eigenvalue weighted by Gasteiger charge is 2.24. The summed E-state index contributed by atoms with van der Waals surface area (Å²) in [6.07, 6.45) is 2.51. The van der Waals surface area contributed by atoms with Crippen molar-refractivity contribution < 1.29 is 15.2 Å². The number of hydrogen-bond donors (Lipinski definition) is 3. The van der Waals surface area contributed by atoms with E-state index in [4.69, 9.17) is 0 Å². The van der Waals surface area contributed by atoms with Gasteiger partial charge in [0.05, 0.1) is 0 Å². The maximum absolute atomic E-state index is 11.7. The molecule has 0 radical (unpaired) electrons. The highest BCUT2D eigenvalue weighted by atomic mass is 16.3. The molecular formula is C14H21N2O2+. The van der Waals surface area contributed by atoms with Gasteiger partial charge in [-0.15, -0.1) is 0 Å². The van der Waals surface area contributed by atoms with Crippen LogP contribution in [-0.4, -0.2) is 30.1 Å². The number of nitrogens with two attached hydrogens (primary N) is 1. The van der Waals surface area contributed by atoms with Crippen LogP contribution in [0.5, 0.6) is 0 Å². The smallest absolute Gasteiger partial charge is 0.278 e. The van der Waals surface area contributed by atoms with Crippen LogP contribution in [0.3, 0.4) is 0 Å². The molecule has 1 aromatic rings. The lowest BCUT2D eigenvalue weighted by molar-refractivity contribution is -0.683. The molecule has 18 heavy (non-hydrogen) atoms. The zero-order valence-electron chi connectivity index (χ0n) is 10.5. The summed E-state index contributed by atoms with van der Waals surface area (Å²) in [6.45, 7) is 1.31. The van der Waals surface area contributed by atoms with Crippen molar-refractivity contribution >= 4 is 5.91 Å². The Morgan fingerprint density at radius 2 is 2.11 bits per heavy atom. The van der Waals surface area contributed by atoms with Gasteiger partial charge in [0.1, 0.15) is 12.6 Å². The molecule has 0 spiro atoms. The normalized spacial score (nSPS) is 22.1. The van der Waals surface area contributed by atoms with E-state index in [2.05, 4.69) is 5.32 Å². The van der Waals surface area contributed by atoms with E-state index in [1.807, 2.05) is 35.6 Å². The van der Waals surface area contributed by atoms with Gasteiger partial charge in [0, 0.05) is 13.0 Å². The van der Waals surface area contributed by atoms with Gasteiger partial charge in [-0.05, 0) is 18.4 Å². The fourth-order valence-electron chi connectivity index (χ4n) is 2.29. The molecule has 1 heterocycles. The Bertz CT molecular complexity index is 381. The Morgan fingerprint density at radius 3 is 2.89 bits per heavy atom. The molecule has 0 bridgehead atoms. The summed E-state index contributed by atoms with van der Waals surface area (Å²) in [6, 6.07) is 9.52. The third-order valence-electron chi connectivity index (χ3n) is 3.41. The van der Waals surface area contributed by atoms with Crippen molar-refractivity contribution in [3.63, 3.8) is 0 Å². The number of benzene rings is 1. The van der Waals surface area contributed by atoms with E-state index >= 15 is 0 Å². The molecule has 2 atom stereocenters. The fraction of sp³-hybridized carbons (Fsp3) is 0.500. The van der Waals surface area contributed by atoms with E-state index in [0.717, 1.165) is 31.4 Å². The monoisotopic (exact) mass is 249 g/mol. The molecule has 1 aliphatic rings. The Hall–Kier alpha value is -1.39.